The van der Waals surface area contributed by atoms with Crippen molar-refractivity contribution in [3.63, 3.8) is 0 Å². The Bertz CT molecular complexity index is 426. The van der Waals surface area contributed by atoms with Gasteiger partial charge in [0.1, 0.15) is 5.82 Å². The highest BCUT2D eigenvalue weighted by Gasteiger charge is 2.03. The first kappa shape index (κ1) is 12.1. The molecule has 0 bridgehead atoms. The standard InChI is InChI=1S/C11H12FN3O/c12-10-5-8(6-13)1-2-9(10)7-15-4-3-11(14)16/h1-2,5,15H,3-4,7H2,(H2,14,16). The number of carbonyl (C=O) groups excluding carboxylic acids is 1. The third-order valence-electron chi connectivity index (χ3n) is 2.05. The van der Waals surface area contributed by atoms with Crippen molar-refractivity contribution in [3.05, 3.63) is 35.1 Å². The lowest BCUT2D eigenvalue weighted by Gasteiger charge is -2.04. The lowest BCUT2D eigenvalue weighted by molar-refractivity contribution is -0.117. The van der Waals surface area contributed by atoms with Crippen LogP contribution >= 0.6 is 0 Å². The Kier molecular flexibility index (Phi) is 4.42. The van der Waals surface area contributed by atoms with Crippen molar-refractivity contribution in [2.45, 2.75) is 13.0 Å². The summed E-state index contributed by atoms with van der Waals surface area (Å²) < 4.78 is 13.3. The molecule has 0 fully saturated rings. The Morgan fingerprint density at radius 2 is 2.31 bits per heavy atom. The largest absolute Gasteiger partial charge is 0.370 e. The van der Waals surface area contributed by atoms with Gasteiger partial charge >= 0.3 is 0 Å². The average Bonchev–Trinajstić information content (AvgIpc) is 2.25. The normalized spacial score (nSPS) is 9.75. The minimum Gasteiger partial charge on any atom is -0.370 e. The molecule has 0 aliphatic carbocycles. The monoisotopic (exact) mass is 221 g/mol. The van der Waals surface area contributed by atoms with Crippen molar-refractivity contribution in [1.82, 2.24) is 5.32 Å². The summed E-state index contributed by atoms with van der Waals surface area (Å²) in [4.78, 5) is 10.4. The molecular weight excluding hydrogens is 209 g/mol. The van der Waals surface area contributed by atoms with Crippen LogP contribution in [0.25, 0.3) is 0 Å². The first-order chi connectivity index (χ1) is 7.63. The van der Waals surface area contributed by atoms with Crippen molar-refractivity contribution in [2.24, 2.45) is 5.73 Å². The van der Waals surface area contributed by atoms with Gasteiger partial charge in [0.25, 0.3) is 0 Å². The summed E-state index contributed by atoms with van der Waals surface area (Å²) in [6, 6.07) is 6.14. The summed E-state index contributed by atoms with van der Waals surface area (Å²) in [5.41, 5.74) is 5.70. The van der Waals surface area contributed by atoms with Crippen LogP contribution in [0.15, 0.2) is 18.2 Å². The summed E-state index contributed by atoms with van der Waals surface area (Å²) in [5, 5.41) is 11.4. The summed E-state index contributed by atoms with van der Waals surface area (Å²) >= 11 is 0. The molecule has 1 aromatic carbocycles. The highest BCUT2D eigenvalue weighted by atomic mass is 19.1. The number of rotatable bonds is 5. The van der Waals surface area contributed by atoms with Crippen molar-refractivity contribution < 1.29 is 9.18 Å². The molecule has 0 atom stereocenters. The topological polar surface area (TPSA) is 78.9 Å². The van der Waals surface area contributed by atoms with Gasteiger partial charge in [0, 0.05) is 25.1 Å². The van der Waals surface area contributed by atoms with E-state index in [1.54, 1.807) is 12.1 Å². The Labute approximate surface area is 92.9 Å². The summed E-state index contributed by atoms with van der Waals surface area (Å²) in [5.74, 6) is -0.821. The molecule has 0 heterocycles. The molecule has 0 unspecified atom stereocenters. The molecule has 16 heavy (non-hydrogen) atoms. The first-order valence-electron chi connectivity index (χ1n) is 4.81. The fourth-order valence-corrected chi connectivity index (χ4v) is 1.19. The number of nitriles is 1. The predicted octanol–water partition coefficient (Wildman–Crippen LogP) is 0.662. The molecule has 0 saturated heterocycles. The van der Waals surface area contributed by atoms with Gasteiger partial charge < -0.3 is 11.1 Å². The molecule has 1 rings (SSSR count). The number of hydrogen-bond acceptors (Lipinski definition) is 3. The molecular formula is C11H12FN3O. The first-order valence-corrected chi connectivity index (χ1v) is 4.81. The maximum atomic E-state index is 13.3. The molecule has 0 spiro atoms. The molecule has 1 amide bonds. The van der Waals surface area contributed by atoms with E-state index in [-0.39, 0.29) is 6.42 Å². The number of halogens is 1. The van der Waals surface area contributed by atoms with E-state index in [0.29, 0.717) is 24.2 Å². The number of primary amides is 1. The molecule has 5 heteroatoms. The zero-order chi connectivity index (χ0) is 12.0. The third-order valence-corrected chi connectivity index (χ3v) is 2.05. The zero-order valence-electron chi connectivity index (χ0n) is 8.66. The fraction of sp³-hybridized carbons (Fsp3) is 0.273. The van der Waals surface area contributed by atoms with E-state index in [1.165, 1.54) is 6.07 Å². The van der Waals surface area contributed by atoms with Crippen molar-refractivity contribution in [1.29, 1.82) is 5.26 Å². The average molecular weight is 221 g/mol. The third kappa shape index (κ3) is 3.67. The van der Waals surface area contributed by atoms with Crippen LogP contribution < -0.4 is 11.1 Å². The maximum Gasteiger partial charge on any atom is 0.218 e. The van der Waals surface area contributed by atoms with Gasteiger partial charge in [-0.1, -0.05) is 6.07 Å². The van der Waals surface area contributed by atoms with Crippen LogP contribution in [-0.4, -0.2) is 12.5 Å². The van der Waals surface area contributed by atoms with Crippen molar-refractivity contribution in [2.75, 3.05) is 6.54 Å². The summed E-state index contributed by atoms with van der Waals surface area (Å²) in [6.07, 6.45) is 0.220. The smallest absolute Gasteiger partial charge is 0.218 e. The molecule has 4 nitrogen and oxygen atoms in total. The van der Waals surface area contributed by atoms with Crippen LogP contribution in [0.2, 0.25) is 0 Å². The van der Waals surface area contributed by atoms with Gasteiger partial charge in [-0.2, -0.15) is 5.26 Å². The molecule has 0 aliphatic heterocycles. The Hall–Kier alpha value is -1.93. The van der Waals surface area contributed by atoms with E-state index in [1.807, 2.05) is 6.07 Å². The van der Waals surface area contributed by atoms with Gasteiger partial charge in [0.05, 0.1) is 11.6 Å². The van der Waals surface area contributed by atoms with Crippen molar-refractivity contribution >= 4 is 5.91 Å². The number of hydrogen-bond donors (Lipinski definition) is 2. The highest BCUT2D eigenvalue weighted by molar-refractivity contribution is 5.73. The number of amides is 1. The van der Waals surface area contributed by atoms with Gasteiger partial charge in [-0.15, -0.1) is 0 Å². The number of carbonyl (C=O) groups is 1. The van der Waals surface area contributed by atoms with E-state index in [4.69, 9.17) is 11.0 Å². The van der Waals surface area contributed by atoms with E-state index >= 15 is 0 Å². The van der Waals surface area contributed by atoms with Crippen LogP contribution in [0.4, 0.5) is 4.39 Å². The second kappa shape index (κ2) is 5.83. The van der Waals surface area contributed by atoms with E-state index in [0.717, 1.165) is 0 Å². The molecule has 0 radical (unpaired) electrons. The molecule has 3 N–H and O–H groups in total. The molecule has 84 valence electrons. The maximum absolute atomic E-state index is 13.3. The van der Waals surface area contributed by atoms with Crippen LogP contribution in [0.5, 0.6) is 0 Å². The molecule has 0 saturated carbocycles. The number of nitrogens with zero attached hydrogens (tertiary/aromatic N) is 1. The predicted molar refractivity (Wildman–Crippen MR) is 56.6 cm³/mol. The zero-order valence-corrected chi connectivity index (χ0v) is 8.66. The number of nitrogens with one attached hydrogen (secondary N) is 1. The van der Waals surface area contributed by atoms with Gasteiger partial charge in [-0.25, -0.2) is 4.39 Å². The van der Waals surface area contributed by atoms with Crippen LogP contribution in [0.1, 0.15) is 17.5 Å². The number of nitrogens with two attached hydrogens (primary N) is 1. The lowest BCUT2D eigenvalue weighted by Crippen LogP contribution is -2.22. The summed E-state index contributed by atoms with van der Waals surface area (Å²) in [6.45, 7) is 0.722. The fourth-order valence-electron chi connectivity index (χ4n) is 1.19. The SMILES string of the molecule is N#Cc1ccc(CNCCC(N)=O)c(F)c1. The number of benzene rings is 1. The minimum atomic E-state index is -0.425. The molecule has 0 aromatic heterocycles. The lowest BCUT2D eigenvalue weighted by atomic mass is 10.1. The van der Waals surface area contributed by atoms with Crippen LogP contribution in [-0.2, 0) is 11.3 Å². The summed E-state index contributed by atoms with van der Waals surface area (Å²) in [7, 11) is 0. The molecule has 0 aliphatic rings. The van der Waals surface area contributed by atoms with Gasteiger partial charge in [0.15, 0.2) is 0 Å². The quantitative estimate of drug-likeness (QED) is 0.717. The van der Waals surface area contributed by atoms with E-state index in [2.05, 4.69) is 5.32 Å². The van der Waals surface area contributed by atoms with Gasteiger partial charge in [0.2, 0.25) is 5.91 Å². The van der Waals surface area contributed by atoms with Crippen LogP contribution in [0, 0.1) is 17.1 Å². The minimum absolute atomic E-state index is 0.220. The second-order valence-corrected chi connectivity index (χ2v) is 3.31. The van der Waals surface area contributed by atoms with Gasteiger partial charge in [-0.3, -0.25) is 4.79 Å². The van der Waals surface area contributed by atoms with Crippen molar-refractivity contribution in [3.8, 4) is 6.07 Å². The van der Waals surface area contributed by atoms with E-state index < -0.39 is 11.7 Å². The van der Waals surface area contributed by atoms with Gasteiger partial charge in [-0.05, 0) is 12.1 Å². The highest BCUT2D eigenvalue weighted by Crippen LogP contribution is 2.09. The molecule has 1 aromatic rings. The van der Waals surface area contributed by atoms with E-state index in [9.17, 15) is 9.18 Å². The Morgan fingerprint density at radius 1 is 1.56 bits per heavy atom. The Morgan fingerprint density at radius 3 is 2.88 bits per heavy atom. The Balaban J connectivity index is 2.49. The second-order valence-electron chi connectivity index (χ2n) is 3.31. The van der Waals surface area contributed by atoms with Crippen LogP contribution in [0.3, 0.4) is 0 Å².